The summed E-state index contributed by atoms with van der Waals surface area (Å²) in [5.41, 5.74) is 9.90. The molecule has 0 unspecified atom stereocenters. The van der Waals surface area contributed by atoms with Crippen LogP contribution in [-0.2, 0) is 0 Å². The zero-order valence-electron chi connectivity index (χ0n) is 32.7. The average Bonchev–Trinajstić information content (AvgIpc) is 3.91. The minimum atomic E-state index is 0.553. The Morgan fingerprint density at radius 1 is 0.323 bits per heavy atom. The Balaban J connectivity index is 1.16. The van der Waals surface area contributed by atoms with Crippen LogP contribution >= 0.6 is 0 Å². The van der Waals surface area contributed by atoms with Crippen LogP contribution in [0.3, 0.4) is 0 Å². The highest BCUT2D eigenvalue weighted by molar-refractivity contribution is 6.29. The smallest absolute Gasteiger partial charge is 0.178 e. The normalized spacial score (nSPS) is 11.2. The molecule has 0 fully saturated rings. The monoisotopic (exact) mass is 792 g/mol. The molecule has 0 bridgehead atoms. The maximum atomic E-state index is 9.59. The van der Waals surface area contributed by atoms with Gasteiger partial charge in [-0.2, -0.15) is 21.0 Å². The Labute approximate surface area is 354 Å². The molecule has 11 rings (SSSR count). The largest absolute Gasteiger partial charge is 0.452 e. The first-order valence-electron chi connectivity index (χ1n) is 19.8. The maximum Gasteiger partial charge on any atom is 0.178 e. The summed E-state index contributed by atoms with van der Waals surface area (Å²) in [6, 6.07) is 63.6. The number of hydrogen-bond acceptors (Lipinski definition) is 8. The van der Waals surface area contributed by atoms with Crippen LogP contribution in [0.4, 0.5) is 34.1 Å². The SMILES string of the molecule is N#Cc1ccc(N(c2ccc(C#N)cc2)c2cc3oc4c(ccc5c4oc4cc(N(c6ccc(C#N)cc6)c6ccc(C#N)cc6)c6ccccc6c45)c3c3ccccc23)cc1. The highest BCUT2D eigenvalue weighted by Gasteiger charge is 2.25. The number of benzene rings is 9. The van der Waals surface area contributed by atoms with Crippen LogP contribution < -0.4 is 9.80 Å². The van der Waals surface area contributed by atoms with Crippen LogP contribution in [0.2, 0.25) is 0 Å². The molecular weight excluding hydrogens is 765 g/mol. The van der Waals surface area contributed by atoms with Gasteiger partial charge in [-0.15, -0.1) is 0 Å². The van der Waals surface area contributed by atoms with Gasteiger partial charge in [-0.05, 0) is 120 Å². The van der Waals surface area contributed by atoms with Gasteiger partial charge in [0.1, 0.15) is 11.2 Å². The lowest BCUT2D eigenvalue weighted by atomic mass is 9.98. The highest BCUT2D eigenvalue weighted by atomic mass is 16.4. The fraction of sp³-hybridized carbons (Fsp3) is 0. The van der Waals surface area contributed by atoms with Crippen molar-refractivity contribution in [2.24, 2.45) is 0 Å². The van der Waals surface area contributed by atoms with Crippen LogP contribution in [0.25, 0.3) is 65.4 Å². The first-order chi connectivity index (χ1) is 30.5. The van der Waals surface area contributed by atoms with E-state index < -0.39 is 0 Å². The molecular formula is C54H28N6O2. The number of nitrogens with zero attached hydrogens (tertiary/aromatic N) is 6. The summed E-state index contributed by atoms with van der Waals surface area (Å²) in [7, 11) is 0. The molecule has 0 saturated heterocycles. The van der Waals surface area contributed by atoms with Crippen LogP contribution in [0.5, 0.6) is 0 Å². The van der Waals surface area contributed by atoms with Gasteiger partial charge < -0.3 is 18.6 Å². The molecule has 0 spiro atoms. The summed E-state index contributed by atoms with van der Waals surface area (Å²) in [6.07, 6.45) is 0. The van der Waals surface area contributed by atoms with E-state index in [2.05, 4.69) is 82.6 Å². The summed E-state index contributed by atoms with van der Waals surface area (Å²) >= 11 is 0. The standard InChI is InChI=1S/C54H28N6O2/c55-29-33-9-17-37(18-10-33)59(38-19-11-34(30-56)12-20-38)47-27-49-51(43-7-3-1-5-41(43)47)45-25-26-46-52-44-8-4-2-6-42(44)48(28-50(52)62-54(46)53(45)61-49)60(39-21-13-35(31-57)14-22-39)40-23-15-36(32-58)16-24-40/h1-28H. The van der Waals surface area contributed by atoms with Gasteiger partial charge >= 0.3 is 0 Å². The molecule has 0 atom stereocenters. The third-order valence-corrected chi connectivity index (χ3v) is 11.5. The number of hydrogen-bond donors (Lipinski definition) is 0. The van der Waals surface area contributed by atoms with Gasteiger partial charge in [0.25, 0.3) is 0 Å². The maximum absolute atomic E-state index is 9.59. The van der Waals surface area contributed by atoms with E-state index in [1.807, 2.05) is 72.8 Å². The third-order valence-electron chi connectivity index (χ3n) is 11.5. The topological polar surface area (TPSA) is 128 Å². The molecule has 11 aromatic rings. The summed E-state index contributed by atoms with van der Waals surface area (Å²) in [6.45, 7) is 0. The van der Waals surface area contributed by atoms with E-state index in [0.717, 1.165) is 77.2 Å². The van der Waals surface area contributed by atoms with Crippen molar-refractivity contribution in [2.75, 3.05) is 9.80 Å². The molecule has 2 heterocycles. The van der Waals surface area contributed by atoms with Gasteiger partial charge in [0.05, 0.1) is 57.9 Å². The average molecular weight is 793 g/mol. The molecule has 0 aliphatic heterocycles. The number of nitriles is 4. The lowest BCUT2D eigenvalue weighted by Gasteiger charge is -2.27. The fourth-order valence-electron chi connectivity index (χ4n) is 8.72. The molecule has 0 radical (unpaired) electrons. The quantitative estimate of drug-likeness (QED) is 0.163. The molecule has 62 heavy (non-hydrogen) atoms. The first kappa shape index (κ1) is 35.8. The second-order valence-corrected chi connectivity index (χ2v) is 15.0. The molecule has 0 aliphatic carbocycles. The van der Waals surface area contributed by atoms with Gasteiger partial charge in [0, 0.05) is 67.2 Å². The minimum Gasteiger partial charge on any atom is -0.452 e. The van der Waals surface area contributed by atoms with E-state index in [1.54, 1.807) is 48.5 Å². The van der Waals surface area contributed by atoms with E-state index in [9.17, 15) is 21.0 Å². The summed E-state index contributed by atoms with van der Waals surface area (Å²) < 4.78 is 13.9. The Morgan fingerprint density at radius 2 is 0.613 bits per heavy atom. The van der Waals surface area contributed by atoms with Gasteiger partial charge in [-0.25, -0.2) is 0 Å². The Hall–Kier alpha value is -9.34. The number of fused-ring (bicyclic) bond motifs is 11. The van der Waals surface area contributed by atoms with Crippen molar-refractivity contribution in [3.63, 3.8) is 0 Å². The Kier molecular flexibility index (Phi) is 8.19. The fourth-order valence-corrected chi connectivity index (χ4v) is 8.72. The van der Waals surface area contributed by atoms with Crippen LogP contribution in [-0.4, -0.2) is 0 Å². The zero-order chi connectivity index (χ0) is 41.9. The van der Waals surface area contributed by atoms with E-state index in [-0.39, 0.29) is 0 Å². The Morgan fingerprint density at radius 3 is 0.903 bits per heavy atom. The second kappa shape index (κ2) is 14.2. The summed E-state index contributed by atoms with van der Waals surface area (Å²) in [5, 5.41) is 46.1. The van der Waals surface area contributed by atoms with E-state index in [4.69, 9.17) is 8.83 Å². The first-order valence-corrected chi connectivity index (χ1v) is 19.8. The van der Waals surface area contributed by atoms with Crippen molar-refractivity contribution in [1.29, 1.82) is 21.0 Å². The molecule has 8 nitrogen and oxygen atoms in total. The van der Waals surface area contributed by atoms with E-state index in [1.165, 1.54) is 0 Å². The van der Waals surface area contributed by atoms with Gasteiger partial charge in [-0.1, -0.05) is 48.5 Å². The summed E-state index contributed by atoms with van der Waals surface area (Å²) in [5.74, 6) is 0. The molecule has 2 aromatic heterocycles. The van der Waals surface area contributed by atoms with Crippen molar-refractivity contribution in [3.8, 4) is 24.3 Å². The van der Waals surface area contributed by atoms with Crippen molar-refractivity contribution >= 4 is 99.5 Å². The molecule has 0 aliphatic rings. The minimum absolute atomic E-state index is 0.553. The number of rotatable bonds is 6. The number of furan rings is 2. The van der Waals surface area contributed by atoms with Gasteiger partial charge in [-0.3, -0.25) is 0 Å². The Bertz CT molecular complexity index is 3410. The molecule has 9 aromatic carbocycles. The van der Waals surface area contributed by atoms with Gasteiger partial charge in [0.15, 0.2) is 11.2 Å². The predicted molar refractivity (Wildman–Crippen MR) is 244 cm³/mol. The highest BCUT2D eigenvalue weighted by Crippen LogP contribution is 2.49. The van der Waals surface area contributed by atoms with Crippen molar-refractivity contribution in [3.05, 3.63) is 192 Å². The third kappa shape index (κ3) is 5.58. The van der Waals surface area contributed by atoms with Gasteiger partial charge in [0.2, 0.25) is 0 Å². The molecule has 286 valence electrons. The second-order valence-electron chi connectivity index (χ2n) is 15.0. The number of anilines is 6. The lowest BCUT2D eigenvalue weighted by molar-refractivity contribution is 0.633. The van der Waals surface area contributed by atoms with Crippen LogP contribution in [0.15, 0.2) is 179 Å². The van der Waals surface area contributed by atoms with Crippen molar-refractivity contribution in [2.45, 2.75) is 0 Å². The predicted octanol–water partition coefficient (Wildman–Crippen LogP) is 14.2. The molecule has 0 N–H and O–H groups in total. The molecule has 8 heteroatoms. The van der Waals surface area contributed by atoms with E-state index >= 15 is 0 Å². The van der Waals surface area contributed by atoms with Crippen LogP contribution in [0.1, 0.15) is 22.3 Å². The van der Waals surface area contributed by atoms with Crippen molar-refractivity contribution < 1.29 is 8.83 Å². The van der Waals surface area contributed by atoms with E-state index in [0.29, 0.717) is 44.6 Å². The zero-order valence-corrected chi connectivity index (χ0v) is 32.7. The van der Waals surface area contributed by atoms with Crippen LogP contribution in [0, 0.1) is 45.3 Å². The molecule has 0 saturated carbocycles. The summed E-state index contributed by atoms with van der Waals surface area (Å²) in [4.78, 5) is 4.24. The lowest BCUT2D eigenvalue weighted by Crippen LogP contribution is -2.10. The van der Waals surface area contributed by atoms with Crippen molar-refractivity contribution in [1.82, 2.24) is 0 Å². The molecule has 0 amide bonds.